The van der Waals surface area contributed by atoms with Crippen LogP contribution in [0.25, 0.3) is 0 Å². The van der Waals surface area contributed by atoms with E-state index in [0.717, 1.165) is 0 Å². The number of rotatable bonds is 15. The van der Waals surface area contributed by atoms with E-state index in [1.54, 1.807) is 0 Å². The lowest BCUT2D eigenvalue weighted by Gasteiger charge is -2.17. The van der Waals surface area contributed by atoms with Gasteiger partial charge in [0.1, 0.15) is 18.6 Å². The molecule has 0 aliphatic rings. The van der Waals surface area contributed by atoms with Gasteiger partial charge in [0, 0.05) is 11.5 Å². The summed E-state index contributed by atoms with van der Waals surface area (Å²) in [7, 11) is 0. The number of nitrogens with two attached hydrogens (primary N) is 1. The molecule has 0 rings (SSSR count). The van der Waals surface area contributed by atoms with Crippen molar-refractivity contribution in [1.82, 2.24) is 31.9 Å². The van der Waals surface area contributed by atoms with Crippen LogP contribution in [-0.2, 0) is 33.6 Å². The zero-order valence-electron chi connectivity index (χ0n) is 17.4. The van der Waals surface area contributed by atoms with Gasteiger partial charge in [-0.05, 0) is 0 Å². The first-order valence-corrected chi connectivity index (χ1v) is 10.6. The Morgan fingerprint density at radius 1 is 0.636 bits per heavy atom. The molecule has 0 spiro atoms. The molecule has 2 atom stereocenters. The Kier molecular flexibility index (Phi) is 15.0. The van der Waals surface area contributed by atoms with Gasteiger partial charge in [-0.2, -0.15) is 25.3 Å². The highest BCUT2D eigenvalue weighted by Crippen LogP contribution is 1.90. The maximum Gasteiger partial charge on any atom is 0.322 e. The standard InChI is InChI=1S/C16H27N7O8S2/c17-1-10(24)18-3-12(26)22-8(6-32)15(30)20-2-11(25)19-4-13(27)23-9(7-33)16(31)21-5-14(28)29/h8-9,32-33H,1-7,17H2,(H,18,24)(H,19,25)(H,20,30)(H,21,31)(H,22,26)(H,23,27)(H,28,29)/t8-,9-/m0/s1. The molecule has 9 N–H and O–H groups in total. The fourth-order valence-electron chi connectivity index (χ4n) is 1.95. The number of hydrogen-bond acceptors (Lipinski definition) is 10. The second kappa shape index (κ2) is 16.6. The van der Waals surface area contributed by atoms with E-state index in [0.29, 0.717) is 0 Å². The number of carbonyl (C=O) groups excluding carboxylic acids is 6. The van der Waals surface area contributed by atoms with E-state index in [2.05, 4.69) is 57.2 Å². The molecule has 0 aromatic carbocycles. The summed E-state index contributed by atoms with van der Waals surface area (Å²) < 4.78 is 0. The van der Waals surface area contributed by atoms with Crippen LogP contribution in [0.1, 0.15) is 0 Å². The van der Waals surface area contributed by atoms with Gasteiger partial charge in [-0.15, -0.1) is 0 Å². The number of carboxylic acid groups (broad SMARTS) is 1. The fraction of sp³-hybridized carbons (Fsp3) is 0.562. The second-order valence-electron chi connectivity index (χ2n) is 6.19. The first-order valence-electron chi connectivity index (χ1n) is 9.35. The molecule has 0 fully saturated rings. The maximum absolute atomic E-state index is 12.1. The van der Waals surface area contributed by atoms with E-state index in [1.807, 2.05) is 0 Å². The Labute approximate surface area is 199 Å². The first kappa shape index (κ1) is 29.9. The predicted octanol–water partition coefficient (Wildman–Crippen LogP) is -5.68. The molecule has 15 nitrogen and oxygen atoms in total. The Morgan fingerprint density at radius 2 is 1.03 bits per heavy atom. The normalized spacial score (nSPS) is 11.8. The Bertz CT molecular complexity index is 752. The van der Waals surface area contributed by atoms with Crippen LogP contribution in [0, 0.1) is 0 Å². The third kappa shape index (κ3) is 13.9. The average molecular weight is 510 g/mol. The monoisotopic (exact) mass is 509 g/mol. The summed E-state index contributed by atoms with van der Waals surface area (Å²) in [4.78, 5) is 80.7. The third-order valence-corrected chi connectivity index (χ3v) is 4.31. The molecule has 0 aromatic heterocycles. The van der Waals surface area contributed by atoms with E-state index >= 15 is 0 Å². The highest BCUT2D eigenvalue weighted by molar-refractivity contribution is 7.80. The van der Waals surface area contributed by atoms with E-state index < -0.39 is 79.7 Å². The summed E-state index contributed by atoms with van der Waals surface area (Å²) in [6.45, 7) is -2.38. The van der Waals surface area contributed by atoms with Crippen molar-refractivity contribution < 1.29 is 38.7 Å². The lowest BCUT2D eigenvalue weighted by Crippen LogP contribution is -2.53. The summed E-state index contributed by atoms with van der Waals surface area (Å²) in [5.74, 6) is -5.68. The van der Waals surface area contributed by atoms with Gasteiger partial charge >= 0.3 is 5.97 Å². The molecule has 0 aliphatic heterocycles. The molecule has 0 radical (unpaired) electrons. The highest BCUT2D eigenvalue weighted by atomic mass is 32.1. The largest absolute Gasteiger partial charge is 0.480 e. The first-order chi connectivity index (χ1) is 15.5. The summed E-state index contributed by atoms with van der Waals surface area (Å²) >= 11 is 7.84. The van der Waals surface area contributed by atoms with Gasteiger partial charge in [-0.1, -0.05) is 0 Å². The zero-order valence-corrected chi connectivity index (χ0v) is 19.2. The molecular weight excluding hydrogens is 482 g/mol. The van der Waals surface area contributed by atoms with Crippen molar-refractivity contribution in [2.45, 2.75) is 12.1 Å². The van der Waals surface area contributed by atoms with Crippen LogP contribution >= 0.6 is 25.3 Å². The minimum absolute atomic E-state index is 0.0957. The number of thiol groups is 2. The maximum atomic E-state index is 12.1. The Balaban J connectivity index is 4.38. The molecule has 186 valence electrons. The fourth-order valence-corrected chi connectivity index (χ4v) is 2.46. The van der Waals surface area contributed by atoms with E-state index in [1.165, 1.54) is 0 Å². The zero-order chi connectivity index (χ0) is 25.4. The van der Waals surface area contributed by atoms with Crippen LogP contribution in [0.2, 0.25) is 0 Å². The van der Waals surface area contributed by atoms with E-state index in [-0.39, 0.29) is 18.1 Å². The molecule has 6 amide bonds. The van der Waals surface area contributed by atoms with Crippen molar-refractivity contribution in [3.05, 3.63) is 0 Å². The number of aliphatic carboxylic acids is 1. The third-order valence-electron chi connectivity index (χ3n) is 3.58. The van der Waals surface area contributed by atoms with Crippen molar-refractivity contribution in [1.29, 1.82) is 0 Å². The molecule has 0 saturated carbocycles. The molecular formula is C16H27N7O8S2. The lowest BCUT2D eigenvalue weighted by atomic mass is 10.3. The molecule has 0 bridgehead atoms. The van der Waals surface area contributed by atoms with E-state index in [4.69, 9.17) is 10.8 Å². The minimum atomic E-state index is -1.26. The molecule has 0 unspecified atom stereocenters. The van der Waals surface area contributed by atoms with Crippen molar-refractivity contribution in [3.63, 3.8) is 0 Å². The van der Waals surface area contributed by atoms with Gasteiger partial charge < -0.3 is 42.7 Å². The van der Waals surface area contributed by atoms with Gasteiger partial charge in [0.25, 0.3) is 0 Å². The van der Waals surface area contributed by atoms with Gasteiger partial charge in [-0.3, -0.25) is 33.6 Å². The number of nitrogens with one attached hydrogen (secondary N) is 6. The molecule has 33 heavy (non-hydrogen) atoms. The molecule has 0 heterocycles. The topological polar surface area (TPSA) is 238 Å². The van der Waals surface area contributed by atoms with Gasteiger partial charge in [-0.25, -0.2) is 0 Å². The molecule has 0 saturated heterocycles. The summed E-state index contributed by atoms with van der Waals surface area (Å²) in [6.07, 6.45) is 0. The quantitative estimate of drug-likeness (QED) is 0.0945. The Morgan fingerprint density at radius 3 is 1.42 bits per heavy atom. The van der Waals surface area contributed by atoms with Gasteiger partial charge in [0.15, 0.2) is 0 Å². The van der Waals surface area contributed by atoms with Gasteiger partial charge in [0.2, 0.25) is 35.4 Å². The number of carboxylic acids is 1. The van der Waals surface area contributed by atoms with Crippen molar-refractivity contribution in [2.24, 2.45) is 5.73 Å². The Hall–Kier alpha value is -3.05. The van der Waals surface area contributed by atoms with Crippen LogP contribution in [0.15, 0.2) is 0 Å². The van der Waals surface area contributed by atoms with Crippen LogP contribution in [0.4, 0.5) is 0 Å². The second-order valence-corrected chi connectivity index (χ2v) is 6.92. The van der Waals surface area contributed by atoms with Gasteiger partial charge in [0.05, 0.1) is 26.2 Å². The lowest BCUT2D eigenvalue weighted by molar-refractivity contribution is -0.138. The summed E-state index contributed by atoms with van der Waals surface area (Å²) in [5, 5.41) is 21.9. The average Bonchev–Trinajstić information content (AvgIpc) is 2.79. The van der Waals surface area contributed by atoms with E-state index in [9.17, 15) is 33.6 Å². The van der Waals surface area contributed by atoms with Crippen molar-refractivity contribution in [2.75, 3.05) is 44.2 Å². The van der Waals surface area contributed by atoms with Crippen LogP contribution in [0.3, 0.4) is 0 Å². The van der Waals surface area contributed by atoms with Crippen LogP contribution in [0.5, 0.6) is 0 Å². The highest BCUT2D eigenvalue weighted by Gasteiger charge is 2.21. The smallest absolute Gasteiger partial charge is 0.322 e. The van der Waals surface area contributed by atoms with Crippen LogP contribution < -0.4 is 37.6 Å². The SMILES string of the molecule is NCC(=O)NCC(=O)N[C@@H](CS)C(=O)NCC(=O)NCC(=O)N[C@@H](CS)C(=O)NCC(=O)O. The predicted molar refractivity (Wildman–Crippen MR) is 120 cm³/mol. The van der Waals surface area contributed by atoms with Crippen LogP contribution in [-0.4, -0.2) is 103 Å². The molecule has 0 aliphatic carbocycles. The summed E-state index contributed by atoms with van der Waals surface area (Å²) in [6, 6.07) is -2.21. The number of carbonyl (C=O) groups is 7. The minimum Gasteiger partial charge on any atom is -0.480 e. The van der Waals surface area contributed by atoms with Crippen molar-refractivity contribution in [3.8, 4) is 0 Å². The number of hydrogen-bond donors (Lipinski definition) is 10. The molecule has 17 heteroatoms. The summed E-state index contributed by atoms with van der Waals surface area (Å²) in [5.41, 5.74) is 5.09. The molecule has 0 aromatic rings. The number of amides is 6. The van der Waals surface area contributed by atoms with Crippen molar-refractivity contribution >= 4 is 66.7 Å².